The number of aromatic nitrogens is 2. The predicted octanol–water partition coefficient (Wildman–Crippen LogP) is 3.26. The molecule has 156 valence electrons. The van der Waals surface area contributed by atoms with Crippen LogP contribution in [0.25, 0.3) is 0 Å². The number of anilines is 2. The summed E-state index contributed by atoms with van der Waals surface area (Å²) >= 11 is 5.05. The third-order valence-electron chi connectivity index (χ3n) is 4.64. The number of hydrogen-bond donors (Lipinski definition) is 2. The van der Waals surface area contributed by atoms with Crippen LogP contribution in [0.5, 0.6) is 0 Å². The van der Waals surface area contributed by atoms with E-state index < -0.39 is 23.1 Å². The molecule has 1 heterocycles. The number of ketones is 1. The molecule has 0 aliphatic rings. The molecule has 7 nitrogen and oxygen atoms in total. The molecular formula is C21H21BrN4O3S. The number of nitrogens with two attached hydrogens (primary N) is 1. The highest BCUT2D eigenvalue weighted by Gasteiger charge is 2.24. The van der Waals surface area contributed by atoms with Crippen molar-refractivity contribution in [1.82, 2.24) is 9.13 Å². The highest BCUT2D eigenvalue weighted by atomic mass is 79.9. The van der Waals surface area contributed by atoms with E-state index >= 15 is 0 Å². The number of nitrogen functional groups attached to an aromatic ring is 1. The minimum Gasteiger partial charge on any atom is -0.384 e. The fourth-order valence-electron chi connectivity index (χ4n) is 2.88. The lowest BCUT2D eigenvalue weighted by molar-refractivity contribution is 0.0973. The zero-order chi connectivity index (χ0) is 22.0. The first kappa shape index (κ1) is 21.9. The van der Waals surface area contributed by atoms with Gasteiger partial charge in [-0.05, 0) is 55.5 Å². The molecule has 0 amide bonds. The molecule has 3 N–H and O–H groups in total. The molecule has 0 saturated heterocycles. The topological polar surface area (TPSA) is 99.1 Å². The van der Waals surface area contributed by atoms with E-state index in [4.69, 9.17) is 5.73 Å². The molecule has 1 aromatic heterocycles. The average Bonchev–Trinajstić information content (AvgIpc) is 2.74. The Morgan fingerprint density at radius 2 is 1.53 bits per heavy atom. The molecule has 0 aliphatic heterocycles. The van der Waals surface area contributed by atoms with Crippen molar-refractivity contribution in [3.05, 3.63) is 79.4 Å². The predicted molar refractivity (Wildman–Crippen MR) is 123 cm³/mol. The van der Waals surface area contributed by atoms with Crippen LogP contribution in [0.3, 0.4) is 0 Å². The first-order chi connectivity index (χ1) is 14.2. The maximum absolute atomic E-state index is 12.9. The van der Waals surface area contributed by atoms with Crippen molar-refractivity contribution in [2.75, 3.05) is 11.1 Å². The summed E-state index contributed by atoms with van der Waals surface area (Å²) in [4.78, 5) is 39.4. The highest BCUT2D eigenvalue weighted by Crippen LogP contribution is 2.29. The third kappa shape index (κ3) is 4.52. The van der Waals surface area contributed by atoms with Gasteiger partial charge in [-0.15, -0.1) is 0 Å². The molecule has 30 heavy (non-hydrogen) atoms. The molecule has 3 aromatic rings. The van der Waals surface area contributed by atoms with Gasteiger partial charge in [0.15, 0.2) is 5.78 Å². The lowest BCUT2D eigenvalue weighted by atomic mass is 10.1. The van der Waals surface area contributed by atoms with Gasteiger partial charge in [0.05, 0.1) is 6.04 Å². The summed E-state index contributed by atoms with van der Waals surface area (Å²) in [6.45, 7) is 1.65. The van der Waals surface area contributed by atoms with Gasteiger partial charge in [0.1, 0.15) is 11.4 Å². The Hall–Kier alpha value is -2.78. The van der Waals surface area contributed by atoms with Crippen LogP contribution in [-0.2, 0) is 14.1 Å². The van der Waals surface area contributed by atoms with Crippen LogP contribution in [0.1, 0.15) is 17.3 Å². The van der Waals surface area contributed by atoms with Crippen molar-refractivity contribution in [2.24, 2.45) is 14.1 Å². The number of hydrogen-bond acceptors (Lipinski definition) is 6. The number of halogens is 1. The Morgan fingerprint density at radius 3 is 2.10 bits per heavy atom. The van der Waals surface area contributed by atoms with Crippen LogP contribution in [0.15, 0.2) is 72.4 Å². The Bertz CT molecular complexity index is 1200. The maximum Gasteiger partial charge on any atom is 0.332 e. The summed E-state index contributed by atoms with van der Waals surface area (Å²) in [6, 6.07) is 15.0. The number of carbonyl (C=O) groups is 1. The van der Waals surface area contributed by atoms with Crippen LogP contribution in [0.4, 0.5) is 11.5 Å². The van der Waals surface area contributed by atoms with Crippen LogP contribution in [0.2, 0.25) is 0 Å². The van der Waals surface area contributed by atoms with Crippen molar-refractivity contribution in [1.29, 1.82) is 0 Å². The van der Waals surface area contributed by atoms with Gasteiger partial charge in [-0.25, -0.2) is 4.79 Å². The fraction of sp³-hybridized carbons (Fsp3) is 0.190. The molecule has 0 spiro atoms. The van der Waals surface area contributed by atoms with Gasteiger partial charge in [-0.1, -0.05) is 27.7 Å². The van der Waals surface area contributed by atoms with Crippen molar-refractivity contribution < 1.29 is 4.79 Å². The molecule has 0 aliphatic carbocycles. The van der Waals surface area contributed by atoms with Gasteiger partial charge in [-0.2, -0.15) is 0 Å². The van der Waals surface area contributed by atoms with Crippen LogP contribution in [0, 0.1) is 0 Å². The Morgan fingerprint density at radius 1 is 1.00 bits per heavy atom. The highest BCUT2D eigenvalue weighted by molar-refractivity contribution is 9.10. The van der Waals surface area contributed by atoms with E-state index in [0.29, 0.717) is 0 Å². The summed E-state index contributed by atoms with van der Waals surface area (Å²) < 4.78 is 3.00. The molecule has 0 fully saturated rings. The van der Waals surface area contributed by atoms with E-state index in [1.807, 2.05) is 48.5 Å². The minimum atomic E-state index is -0.706. The molecule has 3 rings (SSSR count). The number of nitrogens with zero attached hydrogens (tertiary/aromatic N) is 2. The molecule has 0 saturated carbocycles. The number of carbonyl (C=O) groups excluding carboxylic acids is 1. The normalized spacial score (nSPS) is 11.9. The van der Waals surface area contributed by atoms with Crippen LogP contribution in [-0.4, -0.2) is 21.0 Å². The van der Waals surface area contributed by atoms with Gasteiger partial charge in [0.25, 0.3) is 5.56 Å². The van der Waals surface area contributed by atoms with E-state index in [0.717, 1.165) is 29.1 Å². The number of benzene rings is 2. The molecule has 0 bridgehead atoms. The zero-order valence-electron chi connectivity index (χ0n) is 16.7. The Kier molecular flexibility index (Phi) is 6.52. The van der Waals surface area contributed by atoms with E-state index in [9.17, 15) is 14.4 Å². The summed E-state index contributed by atoms with van der Waals surface area (Å²) in [5.74, 6) is -0.611. The largest absolute Gasteiger partial charge is 0.384 e. The van der Waals surface area contributed by atoms with Crippen molar-refractivity contribution >= 4 is 45.0 Å². The van der Waals surface area contributed by atoms with Crippen LogP contribution < -0.4 is 22.3 Å². The summed E-state index contributed by atoms with van der Waals surface area (Å²) in [7, 11) is 2.74. The van der Waals surface area contributed by atoms with Gasteiger partial charge >= 0.3 is 5.69 Å². The molecule has 1 atom stereocenters. The third-order valence-corrected chi connectivity index (χ3v) is 6.18. The second-order valence-electron chi connectivity index (χ2n) is 6.78. The second kappa shape index (κ2) is 8.93. The summed E-state index contributed by atoms with van der Waals surface area (Å²) in [5.41, 5.74) is 5.15. The van der Waals surface area contributed by atoms with E-state index in [-0.39, 0.29) is 11.4 Å². The minimum absolute atomic E-state index is 0.136. The maximum atomic E-state index is 12.9. The van der Waals surface area contributed by atoms with E-state index in [2.05, 4.69) is 21.2 Å². The van der Waals surface area contributed by atoms with Gasteiger partial charge < -0.3 is 11.1 Å². The fourth-order valence-corrected chi connectivity index (χ4v) is 3.96. The zero-order valence-corrected chi connectivity index (χ0v) is 19.1. The molecule has 9 heteroatoms. The number of nitrogens with one attached hydrogen (secondary N) is 1. The lowest BCUT2D eigenvalue weighted by Gasteiger charge is -2.17. The number of rotatable bonds is 6. The quantitative estimate of drug-likeness (QED) is 0.516. The lowest BCUT2D eigenvalue weighted by Crippen LogP contribution is -2.43. The smallest absolute Gasteiger partial charge is 0.332 e. The Balaban J connectivity index is 1.75. The SMILES string of the molecule is CC(Nc1ccc(Sc2ccc(Br)cc2)cc1)C(=O)c1c(N)n(C)c(=O)n(C)c1=O. The molecule has 0 radical (unpaired) electrons. The number of Topliss-reactive ketones (excluding diaryl/α,β-unsaturated/α-hetero) is 1. The molecule has 2 aromatic carbocycles. The van der Waals surface area contributed by atoms with E-state index in [1.165, 1.54) is 14.1 Å². The average molecular weight is 489 g/mol. The van der Waals surface area contributed by atoms with Crippen LogP contribution >= 0.6 is 27.7 Å². The first-order valence-corrected chi connectivity index (χ1v) is 10.7. The van der Waals surface area contributed by atoms with Gasteiger partial charge in [0.2, 0.25) is 0 Å². The monoisotopic (exact) mass is 488 g/mol. The van der Waals surface area contributed by atoms with Crippen molar-refractivity contribution in [2.45, 2.75) is 22.8 Å². The molecular weight excluding hydrogens is 468 g/mol. The second-order valence-corrected chi connectivity index (χ2v) is 8.84. The van der Waals surface area contributed by atoms with Gasteiger partial charge in [-0.3, -0.25) is 18.7 Å². The van der Waals surface area contributed by atoms with Crippen molar-refractivity contribution in [3.63, 3.8) is 0 Å². The standard InChI is InChI=1S/C21H21BrN4O3S/c1-12(18(27)17-19(23)25(2)21(29)26(3)20(17)28)24-14-6-10-16(11-7-14)30-15-8-4-13(22)5-9-15/h4-12,24H,23H2,1-3H3. The molecule has 1 unspecified atom stereocenters. The summed E-state index contributed by atoms with van der Waals surface area (Å²) in [5, 5.41) is 3.09. The Labute approximate surface area is 186 Å². The summed E-state index contributed by atoms with van der Waals surface area (Å²) in [6.07, 6.45) is 0. The van der Waals surface area contributed by atoms with Gasteiger partial charge in [0, 0.05) is 34.0 Å². The van der Waals surface area contributed by atoms with Crippen molar-refractivity contribution in [3.8, 4) is 0 Å². The first-order valence-electron chi connectivity index (χ1n) is 9.08. The van der Waals surface area contributed by atoms with E-state index in [1.54, 1.807) is 18.7 Å².